The Bertz CT molecular complexity index is 506. The van der Waals surface area contributed by atoms with Crippen molar-refractivity contribution in [3.8, 4) is 11.3 Å². The van der Waals surface area contributed by atoms with Crippen LogP contribution in [0.1, 0.15) is 10.4 Å². The minimum absolute atomic E-state index is 0.0745. The maximum Gasteiger partial charge on any atom is 0.339 e. The highest BCUT2D eigenvalue weighted by Gasteiger charge is 2.13. The molecule has 15 heavy (non-hydrogen) atoms. The second-order valence-corrected chi connectivity index (χ2v) is 2.99. The summed E-state index contributed by atoms with van der Waals surface area (Å²) in [5.74, 6) is -1.05. The molecule has 0 unspecified atom stereocenters. The van der Waals surface area contributed by atoms with Crippen LogP contribution < -0.4 is 0 Å². The van der Waals surface area contributed by atoms with Gasteiger partial charge in [0.05, 0.1) is 11.9 Å². The van der Waals surface area contributed by atoms with Gasteiger partial charge < -0.3 is 5.11 Å². The zero-order valence-electron chi connectivity index (χ0n) is 7.95. The number of aromatic carboxylic acids is 1. The van der Waals surface area contributed by atoms with Gasteiger partial charge in [0.25, 0.3) is 0 Å². The van der Waals surface area contributed by atoms with Gasteiger partial charge in [-0.2, -0.15) is 5.10 Å². The van der Waals surface area contributed by atoms with Crippen LogP contribution in [0.4, 0.5) is 0 Å². The summed E-state index contributed by atoms with van der Waals surface area (Å²) in [6.45, 7) is 0. The van der Waals surface area contributed by atoms with Gasteiger partial charge in [-0.25, -0.2) is 14.8 Å². The van der Waals surface area contributed by atoms with Crippen LogP contribution in [0.2, 0.25) is 0 Å². The lowest BCUT2D eigenvalue weighted by Gasteiger charge is -1.99. The molecular formula is C9H8N4O2. The Morgan fingerprint density at radius 3 is 2.87 bits per heavy atom. The van der Waals surface area contributed by atoms with Crippen molar-refractivity contribution in [3.63, 3.8) is 0 Å². The molecular weight excluding hydrogens is 196 g/mol. The highest BCUT2D eigenvalue weighted by Crippen LogP contribution is 2.19. The summed E-state index contributed by atoms with van der Waals surface area (Å²) in [6.07, 6.45) is 5.86. The Labute approximate surface area is 85.2 Å². The fraction of sp³-hybridized carbons (Fsp3) is 0.111. The van der Waals surface area contributed by atoms with Crippen molar-refractivity contribution in [2.75, 3.05) is 0 Å². The van der Waals surface area contributed by atoms with Gasteiger partial charge in [0.2, 0.25) is 0 Å². The van der Waals surface area contributed by atoms with Crippen molar-refractivity contribution in [3.05, 3.63) is 30.5 Å². The average molecular weight is 204 g/mol. The van der Waals surface area contributed by atoms with Crippen LogP contribution >= 0.6 is 0 Å². The van der Waals surface area contributed by atoms with E-state index < -0.39 is 5.97 Å². The van der Waals surface area contributed by atoms with Gasteiger partial charge in [-0.1, -0.05) is 0 Å². The molecule has 0 aromatic carbocycles. The molecule has 2 aromatic rings. The van der Waals surface area contributed by atoms with E-state index in [4.69, 9.17) is 5.11 Å². The zero-order valence-corrected chi connectivity index (χ0v) is 7.95. The zero-order chi connectivity index (χ0) is 10.8. The number of nitrogens with zero attached hydrogens (tertiary/aromatic N) is 4. The summed E-state index contributed by atoms with van der Waals surface area (Å²) in [5.41, 5.74) is 1.12. The second kappa shape index (κ2) is 3.49. The number of hydrogen-bond acceptors (Lipinski definition) is 4. The van der Waals surface area contributed by atoms with Gasteiger partial charge in [0.15, 0.2) is 0 Å². The third kappa shape index (κ3) is 1.69. The van der Waals surface area contributed by atoms with E-state index in [2.05, 4.69) is 15.1 Å². The number of aromatic nitrogens is 4. The van der Waals surface area contributed by atoms with E-state index in [1.54, 1.807) is 24.1 Å². The predicted molar refractivity (Wildman–Crippen MR) is 51.2 cm³/mol. The van der Waals surface area contributed by atoms with Crippen molar-refractivity contribution in [2.45, 2.75) is 0 Å². The Hall–Kier alpha value is -2.24. The molecule has 0 aliphatic carbocycles. The summed E-state index contributed by atoms with van der Waals surface area (Å²) in [4.78, 5) is 18.5. The van der Waals surface area contributed by atoms with Crippen molar-refractivity contribution >= 4 is 5.97 Å². The molecule has 2 rings (SSSR count). The SMILES string of the molecule is Cn1cc(-c2ncncc2C(=O)O)cn1. The van der Waals surface area contributed by atoms with Crippen LogP contribution in [-0.2, 0) is 7.05 Å². The molecule has 6 nitrogen and oxygen atoms in total. The molecule has 76 valence electrons. The Balaban J connectivity index is 2.57. The maximum absolute atomic E-state index is 10.9. The predicted octanol–water partition coefficient (Wildman–Crippen LogP) is 0.575. The summed E-state index contributed by atoms with van der Waals surface area (Å²) < 4.78 is 1.59. The summed E-state index contributed by atoms with van der Waals surface area (Å²) in [5, 5.41) is 12.9. The van der Waals surface area contributed by atoms with Crippen LogP contribution in [0.3, 0.4) is 0 Å². The number of aryl methyl sites for hydroxylation is 1. The number of carboxylic acid groups (broad SMARTS) is 1. The third-order valence-electron chi connectivity index (χ3n) is 1.92. The van der Waals surface area contributed by atoms with Gasteiger partial charge in [-0.3, -0.25) is 4.68 Å². The lowest BCUT2D eigenvalue weighted by atomic mass is 10.1. The van der Waals surface area contributed by atoms with Crippen molar-refractivity contribution < 1.29 is 9.90 Å². The summed E-state index contributed by atoms with van der Waals surface area (Å²) in [7, 11) is 1.76. The number of rotatable bonds is 2. The first kappa shape index (κ1) is 9.32. The molecule has 0 fully saturated rings. The van der Waals surface area contributed by atoms with E-state index in [1.807, 2.05) is 0 Å². The normalized spacial score (nSPS) is 10.2. The summed E-state index contributed by atoms with van der Waals surface area (Å²) in [6, 6.07) is 0. The average Bonchev–Trinajstić information content (AvgIpc) is 2.65. The van der Waals surface area contributed by atoms with E-state index in [-0.39, 0.29) is 5.56 Å². The fourth-order valence-corrected chi connectivity index (χ4v) is 1.26. The third-order valence-corrected chi connectivity index (χ3v) is 1.92. The van der Waals surface area contributed by atoms with Crippen molar-refractivity contribution in [1.29, 1.82) is 0 Å². The first-order chi connectivity index (χ1) is 7.18. The Morgan fingerprint density at radius 2 is 2.27 bits per heavy atom. The quantitative estimate of drug-likeness (QED) is 0.773. The number of hydrogen-bond donors (Lipinski definition) is 1. The monoisotopic (exact) mass is 204 g/mol. The molecule has 2 heterocycles. The van der Waals surface area contributed by atoms with Gasteiger partial charge in [0.1, 0.15) is 11.9 Å². The molecule has 0 aliphatic rings. The molecule has 0 spiro atoms. The molecule has 0 saturated carbocycles. The molecule has 0 amide bonds. The molecule has 2 aromatic heterocycles. The van der Waals surface area contributed by atoms with E-state index in [0.29, 0.717) is 11.3 Å². The van der Waals surface area contributed by atoms with Crippen LogP contribution in [0, 0.1) is 0 Å². The van der Waals surface area contributed by atoms with E-state index in [1.165, 1.54) is 12.5 Å². The lowest BCUT2D eigenvalue weighted by molar-refractivity contribution is 0.0697. The molecule has 0 aliphatic heterocycles. The van der Waals surface area contributed by atoms with Gasteiger partial charge >= 0.3 is 5.97 Å². The van der Waals surface area contributed by atoms with Crippen molar-refractivity contribution in [2.24, 2.45) is 7.05 Å². The van der Waals surface area contributed by atoms with E-state index in [9.17, 15) is 4.79 Å². The van der Waals surface area contributed by atoms with Gasteiger partial charge in [-0.15, -0.1) is 0 Å². The molecule has 0 radical (unpaired) electrons. The minimum atomic E-state index is -1.05. The van der Waals surface area contributed by atoms with E-state index >= 15 is 0 Å². The van der Waals surface area contributed by atoms with Crippen LogP contribution in [0.25, 0.3) is 11.3 Å². The fourth-order valence-electron chi connectivity index (χ4n) is 1.26. The molecule has 1 N–H and O–H groups in total. The maximum atomic E-state index is 10.9. The highest BCUT2D eigenvalue weighted by atomic mass is 16.4. The minimum Gasteiger partial charge on any atom is -0.478 e. The number of carbonyl (C=O) groups is 1. The lowest BCUT2D eigenvalue weighted by Crippen LogP contribution is -2.01. The standard InChI is InChI=1S/C9H8N4O2/c1-13-4-6(2-12-13)8-7(9(14)15)3-10-5-11-8/h2-5H,1H3,(H,14,15). The molecule has 0 atom stereocenters. The highest BCUT2D eigenvalue weighted by molar-refractivity contribution is 5.94. The molecule has 0 saturated heterocycles. The van der Waals surface area contributed by atoms with Crippen molar-refractivity contribution in [1.82, 2.24) is 19.7 Å². The van der Waals surface area contributed by atoms with Gasteiger partial charge in [0, 0.05) is 25.0 Å². The first-order valence-electron chi connectivity index (χ1n) is 4.21. The smallest absolute Gasteiger partial charge is 0.339 e. The molecule has 6 heteroatoms. The summed E-state index contributed by atoms with van der Waals surface area (Å²) >= 11 is 0. The van der Waals surface area contributed by atoms with Crippen LogP contribution in [-0.4, -0.2) is 30.8 Å². The second-order valence-electron chi connectivity index (χ2n) is 2.99. The Kier molecular flexibility index (Phi) is 2.17. The van der Waals surface area contributed by atoms with Gasteiger partial charge in [-0.05, 0) is 0 Å². The van der Waals surface area contributed by atoms with Crippen LogP contribution in [0.5, 0.6) is 0 Å². The molecule has 0 bridgehead atoms. The largest absolute Gasteiger partial charge is 0.478 e. The Morgan fingerprint density at radius 1 is 1.47 bits per heavy atom. The van der Waals surface area contributed by atoms with E-state index in [0.717, 1.165) is 0 Å². The topological polar surface area (TPSA) is 80.9 Å². The number of carboxylic acids is 1. The first-order valence-corrected chi connectivity index (χ1v) is 4.21. The van der Waals surface area contributed by atoms with Crippen LogP contribution in [0.15, 0.2) is 24.9 Å².